The number of thioether (sulfide) groups is 1. The van der Waals surface area contributed by atoms with Crippen molar-refractivity contribution in [3.63, 3.8) is 0 Å². The number of carbonyl (C=O) groups is 1. The van der Waals surface area contributed by atoms with Crippen LogP contribution in [0, 0.1) is 5.92 Å². The van der Waals surface area contributed by atoms with Crippen molar-refractivity contribution in [1.82, 2.24) is 5.32 Å². The van der Waals surface area contributed by atoms with Gasteiger partial charge in [0.1, 0.15) is 0 Å². The van der Waals surface area contributed by atoms with Crippen LogP contribution < -0.4 is 5.32 Å². The van der Waals surface area contributed by atoms with Gasteiger partial charge in [-0.3, -0.25) is 4.79 Å². The van der Waals surface area contributed by atoms with Crippen LogP contribution in [0.3, 0.4) is 0 Å². The largest absolute Gasteiger partial charge is 0.352 e. The van der Waals surface area contributed by atoms with Crippen LogP contribution in [0.25, 0.3) is 0 Å². The summed E-state index contributed by atoms with van der Waals surface area (Å²) in [6.45, 7) is 2.28. The molecule has 0 aromatic heterocycles. The molecular formula is C12H21NOS. The molecule has 1 amide bonds. The third-order valence-electron chi connectivity index (χ3n) is 3.51. The minimum atomic E-state index is 0.245. The molecule has 0 bridgehead atoms. The fraction of sp³-hybridized carbons (Fsp3) is 0.917. The fourth-order valence-corrected chi connectivity index (χ4v) is 3.79. The Morgan fingerprint density at radius 2 is 2.13 bits per heavy atom. The van der Waals surface area contributed by atoms with E-state index in [0.717, 1.165) is 12.3 Å². The van der Waals surface area contributed by atoms with Gasteiger partial charge < -0.3 is 5.32 Å². The molecule has 0 aromatic carbocycles. The third-order valence-corrected chi connectivity index (χ3v) is 4.89. The van der Waals surface area contributed by atoms with Crippen molar-refractivity contribution in [2.24, 2.45) is 5.92 Å². The Morgan fingerprint density at radius 1 is 1.27 bits per heavy atom. The van der Waals surface area contributed by atoms with Crippen molar-refractivity contribution in [2.45, 2.75) is 56.7 Å². The molecule has 1 heterocycles. The average Bonchev–Trinajstić information content (AvgIpc) is 2.65. The highest BCUT2D eigenvalue weighted by Gasteiger charge is 2.27. The summed E-state index contributed by atoms with van der Waals surface area (Å²) < 4.78 is 0. The van der Waals surface area contributed by atoms with Crippen molar-refractivity contribution in [3.8, 4) is 0 Å². The molecule has 15 heavy (non-hydrogen) atoms. The van der Waals surface area contributed by atoms with E-state index in [1.807, 2.05) is 11.8 Å². The zero-order valence-electron chi connectivity index (χ0n) is 9.50. The second kappa shape index (κ2) is 5.24. The second-order valence-electron chi connectivity index (χ2n) is 4.98. The molecule has 1 saturated heterocycles. The standard InChI is InChI=1S/C12H21NOS/c1-9-5-6-10(8-9)13-12(14)11-4-2-3-7-15-11/h9-11H,2-8H2,1H3,(H,13,14). The van der Waals surface area contributed by atoms with E-state index in [4.69, 9.17) is 0 Å². The van der Waals surface area contributed by atoms with Gasteiger partial charge in [-0.05, 0) is 43.8 Å². The van der Waals surface area contributed by atoms with E-state index in [0.29, 0.717) is 11.9 Å². The molecule has 2 fully saturated rings. The van der Waals surface area contributed by atoms with Gasteiger partial charge in [0.05, 0.1) is 5.25 Å². The highest BCUT2D eigenvalue weighted by molar-refractivity contribution is 8.00. The maximum Gasteiger partial charge on any atom is 0.233 e. The number of hydrogen-bond donors (Lipinski definition) is 1. The van der Waals surface area contributed by atoms with Crippen molar-refractivity contribution in [1.29, 1.82) is 0 Å². The quantitative estimate of drug-likeness (QED) is 0.785. The second-order valence-corrected chi connectivity index (χ2v) is 6.29. The highest BCUT2D eigenvalue weighted by atomic mass is 32.2. The van der Waals surface area contributed by atoms with Crippen LogP contribution >= 0.6 is 11.8 Å². The summed E-state index contributed by atoms with van der Waals surface area (Å²) >= 11 is 1.84. The van der Waals surface area contributed by atoms with Crippen molar-refractivity contribution < 1.29 is 4.79 Å². The molecule has 86 valence electrons. The number of amides is 1. The Bertz CT molecular complexity index is 226. The summed E-state index contributed by atoms with van der Waals surface area (Å²) in [7, 11) is 0. The monoisotopic (exact) mass is 227 g/mol. The van der Waals surface area contributed by atoms with Crippen molar-refractivity contribution >= 4 is 17.7 Å². The lowest BCUT2D eigenvalue weighted by Crippen LogP contribution is -2.39. The summed E-state index contributed by atoms with van der Waals surface area (Å²) in [4.78, 5) is 11.9. The summed E-state index contributed by atoms with van der Waals surface area (Å²) in [6, 6.07) is 0.468. The topological polar surface area (TPSA) is 29.1 Å². The average molecular weight is 227 g/mol. The Balaban J connectivity index is 1.76. The Labute approximate surface area is 96.6 Å². The van der Waals surface area contributed by atoms with Crippen LogP contribution in [0.15, 0.2) is 0 Å². The van der Waals surface area contributed by atoms with E-state index in [-0.39, 0.29) is 5.25 Å². The van der Waals surface area contributed by atoms with E-state index >= 15 is 0 Å². The first-order chi connectivity index (χ1) is 7.25. The predicted molar refractivity (Wildman–Crippen MR) is 65.0 cm³/mol. The van der Waals surface area contributed by atoms with Gasteiger partial charge >= 0.3 is 0 Å². The summed E-state index contributed by atoms with van der Waals surface area (Å²) in [5.74, 6) is 2.27. The van der Waals surface area contributed by atoms with Gasteiger partial charge in [0, 0.05) is 6.04 Å². The summed E-state index contributed by atoms with van der Waals surface area (Å²) in [5.41, 5.74) is 0. The maximum atomic E-state index is 11.9. The first-order valence-electron chi connectivity index (χ1n) is 6.17. The van der Waals surface area contributed by atoms with Crippen LogP contribution in [-0.4, -0.2) is 23.0 Å². The number of rotatable bonds is 2. The smallest absolute Gasteiger partial charge is 0.233 e. The van der Waals surface area contributed by atoms with Gasteiger partial charge in [0.2, 0.25) is 5.91 Å². The van der Waals surface area contributed by atoms with Gasteiger partial charge in [-0.25, -0.2) is 0 Å². The summed E-state index contributed by atoms with van der Waals surface area (Å²) in [6.07, 6.45) is 7.25. The molecule has 1 aliphatic carbocycles. The fourth-order valence-electron chi connectivity index (χ4n) is 2.58. The van der Waals surface area contributed by atoms with Gasteiger partial charge in [-0.1, -0.05) is 13.3 Å². The van der Waals surface area contributed by atoms with Gasteiger partial charge in [-0.2, -0.15) is 0 Å². The molecule has 2 nitrogen and oxygen atoms in total. The molecule has 3 unspecified atom stereocenters. The third kappa shape index (κ3) is 3.13. The first kappa shape index (κ1) is 11.3. The molecule has 0 spiro atoms. The molecule has 0 radical (unpaired) electrons. The minimum Gasteiger partial charge on any atom is -0.352 e. The van der Waals surface area contributed by atoms with Gasteiger partial charge in [0.25, 0.3) is 0 Å². The Morgan fingerprint density at radius 3 is 2.73 bits per heavy atom. The maximum absolute atomic E-state index is 11.9. The SMILES string of the molecule is CC1CCC(NC(=O)C2CCCCS2)C1. The summed E-state index contributed by atoms with van der Waals surface area (Å²) in [5, 5.41) is 3.46. The molecule has 1 aliphatic heterocycles. The van der Waals surface area contributed by atoms with Crippen LogP contribution in [-0.2, 0) is 4.79 Å². The zero-order valence-corrected chi connectivity index (χ0v) is 10.3. The van der Waals surface area contributed by atoms with Crippen molar-refractivity contribution in [2.75, 3.05) is 5.75 Å². The van der Waals surface area contributed by atoms with Crippen LogP contribution in [0.1, 0.15) is 45.4 Å². The molecule has 1 saturated carbocycles. The lowest BCUT2D eigenvalue weighted by Gasteiger charge is -2.22. The van der Waals surface area contributed by atoms with E-state index in [9.17, 15) is 4.79 Å². The normalized spacial score (nSPS) is 36.5. The van der Waals surface area contributed by atoms with Crippen molar-refractivity contribution in [3.05, 3.63) is 0 Å². The molecule has 0 aromatic rings. The Hall–Kier alpha value is -0.180. The van der Waals surface area contributed by atoms with E-state index in [2.05, 4.69) is 12.2 Å². The van der Waals surface area contributed by atoms with Crippen LogP contribution in [0.2, 0.25) is 0 Å². The van der Waals surface area contributed by atoms with Crippen LogP contribution in [0.5, 0.6) is 0 Å². The molecule has 3 heteroatoms. The van der Waals surface area contributed by atoms with Crippen LogP contribution in [0.4, 0.5) is 0 Å². The highest BCUT2D eigenvalue weighted by Crippen LogP contribution is 2.28. The number of nitrogens with one attached hydrogen (secondary N) is 1. The van der Waals surface area contributed by atoms with Gasteiger partial charge in [0.15, 0.2) is 0 Å². The molecule has 2 aliphatic rings. The van der Waals surface area contributed by atoms with E-state index < -0.39 is 0 Å². The predicted octanol–water partition coefficient (Wildman–Crippen LogP) is 2.58. The number of carbonyl (C=O) groups excluding carboxylic acids is 1. The minimum absolute atomic E-state index is 0.245. The number of hydrogen-bond acceptors (Lipinski definition) is 2. The van der Waals surface area contributed by atoms with Gasteiger partial charge in [-0.15, -0.1) is 11.8 Å². The molecule has 1 N–H and O–H groups in total. The lowest BCUT2D eigenvalue weighted by molar-refractivity contribution is -0.121. The zero-order chi connectivity index (χ0) is 10.7. The molecular weight excluding hydrogens is 206 g/mol. The van der Waals surface area contributed by atoms with E-state index in [1.54, 1.807) is 0 Å². The molecule has 2 rings (SSSR count). The lowest BCUT2D eigenvalue weighted by atomic mass is 10.1. The molecule has 3 atom stereocenters. The van der Waals surface area contributed by atoms with E-state index in [1.165, 1.54) is 37.9 Å². The first-order valence-corrected chi connectivity index (χ1v) is 7.22. The Kier molecular flexibility index (Phi) is 3.95.